The van der Waals surface area contributed by atoms with Crippen LogP contribution in [0.15, 0.2) is 30.5 Å². The number of hydrogen-bond donors (Lipinski definition) is 0. The lowest BCUT2D eigenvalue weighted by Crippen LogP contribution is -2.33. The first-order valence-electron chi connectivity index (χ1n) is 9.86. The summed E-state index contributed by atoms with van der Waals surface area (Å²) in [5.41, 5.74) is 4.76. The van der Waals surface area contributed by atoms with Crippen LogP contribution < -0.4 is 0 Å². The molecule has 27 heavy (non-hydrogen) atoms. The number of fused-ring (bicyclic) bond motifs is 2. The molecule has 0 saturated carbocycles. The maximum Gasteiger partial charge on any atom is 0.133 e. The van der Waals surface area contributed by atoms with E-state index in [-0.39, 0.29) is 5.41 Å². The van der Waals surface area contributed by atoms with Gasteiger partial charge >= 0.3 is 0 Å². The van der Waals surface area contributed by atoms with Crippen LogP contribution in [0.25, 0.3) is 11.0 Å². The van der Waals surface area contributed by atoms with Crippen LogP contribution in [-0.2, 0) is 24.9 Å². The molecule has 2 aromatic heterocycles. The summed E-state index contributed by atoms with van der Waals surface area (Å²) in [6, 6.07) is 8.81. The van der Waals surface area contributed by atoms with Crippen molar-refractivity contribution in [2.45, 2.75) is 65.6 Å². The molecule has 0 atom stereocenters. The largest absolute Gasteiger partial charge is 0.324 e. The molecule has 0 spiro atoms. The summed E-state index contributed by atoms with van der Waals surface area (Å²) in [6.07, 6.45) is 3.00. The molecule has 0 N–H and O–H groups in total. The molecule has 4 rings (SSSR count). The second kappa shape index (κ2) is 6.71. The Labute approximate surface area is 161 Å². The quantitative estimate of drug-likeness (QED) is 0.697. The van der Waals surface area contributed by atoms with Gasteiger partial charge in [0.1, 0.15) is 11.6 Å². The van der Waals surface area contributed by atoms with Crippen molar-refractivity contribution in [1.82, 2.24) is 24.4 Å². The highest BCUT2D eigenvalue weighted by Crippen LogP contribution is 2.25. The molecule has 1 aliphatic rings. The highest BCUT2D eigenvalue weighted by atomic mass is 15.2. The number of hydrogen-bond acceptors (Lipinski definition) is 4. The van der Waals surface area contributed by atoms with Crippen LogP contribution >= 0.6 is 0 Å². The summed E-state index contributed by atoms with van der Waals surface area (Å²) < 4.78 is 2.37. The molecule has 0 aliphatic carbocycles. The molecule has 0 bridgehead atoms. The van der Waals surface area contributed by atoms with Gasteiger partial charge in [0.25, 0.3) is 0 Å². The molecule has 1 aliphatic heterocycles. The SMILES string of the molecule is CC(C)n1c(CN2CCc3nc(C(C)(C)C)ncc3C2)nc2ccccc21. The Bertz CT molecular complexity index is 964. The van der Waals surface area contributed by atoms with Crippen molar-refractivity contribution < 1.29 is 0 Å². The van der Waals surface area contributed by atoms with Gasteiger partial charge in [-0.1, -0.05) is 32.9 Å². The zero-order valence-corrected chi connectivity index (χ0v) is 17.0. The second-order valence-electron chi connectivity index (χ2n) is 8.86. The van der Waals surface area contributed by atoms with E-state index >= 15 is 0 Å². The van der Waals surface area contributed by atoms with Crippen LogP contribution in [0, 0.1) is 0 Å². The van der Waals surface area contributed by atoms with Crippen molar-refractivity contribution in [3.63, 3.8) is 0 Å². The van der Waals surface area contributed by atoms with Gasteiger partial charge in [0.2, 0.25) is 0 Å². The minimum absolute atomic E-state index is 0.00567. The molecule has 3 heterocycles. The Morgan fingerprint density at radius 1 is 1.11 bits per heavy atom. The van der Waals surface area contributed by atoms with Crippen molar-refractivity contribution in [1.29, 1.82) is 0 Å². The second-order valence-corrected chi connectivity index (χ2v) is 8.86. The van der Waals surface area contributed by atoms with E-state index in [4.69, 9.17) is 9.97 Å². The minimum Gasteiger partial charge on any atom is -0.324 e. The summed E-state index contributed by atoms with van der Waals surface area (Å²) in [4.78, 5) is 16.9. The number of aromatic nitrogens is 4. The molecule has 5 nitrogen and oxygen atoms in total. The number of imidazole rings is 1. The lowest BCUT2D eigenvalue weighted by molar-refractivity contribution is 0.232. The molecule has 3 aromatic rings. The molecule has 142 valence electrons. The number of rotatable bonds is 3. The van der Waals surface area contributed by atoms with E-state index in [1.165, 1.54) is 16.8 Å². The maximum atomic E-state index is 4.92. The Balaban J connectivity index is 1.59. The summed E-state index contributed by atoms with van der Waals surface area (Å²) in [7, 11) is 0. The highest BCUT2D eigenvalue weighted by Gasteiger charge is 2.24. The summed E-state index contributed by atoms with van der Waals surface area (Å²) >= 11 is 0. The fourth-order valence-electron chi connectivity index (χ4n) is 3.85. The molecule has 0 fully saturated rings. The van der Waals surface area contributed by atoms with Gasteiger partial charge in [-0.15, -0.1) is 0 Å². The fraction of sp³-hybridized carbons (Fsp3) is 0.500. The predicted molar refractivity (Wildman–Crippen MR) is 109 cm³/mol. The van der Waals surface area contributed by atoms with Crippen molar-refractivity contribution in [2.24, 2.45) is 0 Å². The van der Waals surface area contributed by atoms with E-state index in [9.17, 15) is 0 Å². The average molecular weight is 364 g/mol. The summed E-state index contributed by atoms with van der Waals surface area (Å²) in [5.74, 6) is 2.08. The molecule has 0 amide bonds. The molecule has 0 unspecified atom stereocenters. The van der Waals surface area contributed by atoms with Gasteiger partial charge in [0, 0.05) is 48.4 Å². The Kier molecular flexibility index (Phi) is 4.50. The maximum absolute atomic E-state index is 4.92. The first-order chi connectivity index (χ1) is 12.8. The van der Waals surface area contributed by atoms with E-state index in [0.717, 1.165) is 43.2 Å². The van der Waals surface area contributed by atoms with Gasteiger partial charge in [-0.25, -0.2) is 15.0 Å². The molecule has 0 saturated heterocycles. The molecule has 1 aromatic carbocycles. The predicted octanol–water partition coefficient (Wildman–Crippen LogP) is 4.26. The van der Waals surface area contributed by atoms with Crippen molar-refractivity contribution in [3.05, 3.63) is 53.4 Å². The first kappa shape index (κ1) is 18.1. The lowest BCUT2D eigenvalue weighted by atomic mass is 9.95. The molecule has 5 heteroatoms. The minimum atomic E-state index is -0.00567. The Morgan fingerprint density at radius 3 is 2.63 bits per heavy atom. The smallest absolute Gasteiger partial charge is 0.133 e. The van der Waals surface area contributed by atoms with E-state index in [1.54, 1.807) is 0 Å². The first-order valence-corrected chi connectivity index (χ1v) is 9.86. The monoisotopic (exact) mass is 363 g/mol. The van der Waals surface area contributed by atoms with Crippen LogP contribution in [0.3, 0.4) is 0 Å². The number of nitrogens with zero attached hydrogens (tertiary/aromatic N) is 5. The van der Waals surface area contributed by atoms with E-state index in [1.807, 2.05) is 6.20 Å². The third-order valence-corrected chi connectivity index (χ3v) is 5.23. The van der Waals surface area contributed by atoms with Crippen molar-refractivity contribution >= 4 is 11.0 Å². The Hall–Kier alpha value is -2.27. The van der Waals surface area contributed by atoms with Gasteiger partial charge < -0.3 is 4.57 Å². The lowest BCUT2D eigenvalue weighted by Gasteiger charge is -2.29. The van der Waals surface area contributed by atoms with Gasteiger partial charge in [0.05, 0.1) is 17.6 Å². The zero-order chi connectivity index (χ0) is 19.2. The molecular formula is C22H29N5. The summed E-state index contributed by atoms with van der Waals surface area (Å²) in [6.45, 7) is 13.7. The molecular weight excluding hydrogens is 334 g/mol. The average Bonchev–Trinajstić information content (AvgIpc) is 2.98. The molecule has 0 radical (unpaired) electrons. The van der Waals surface area contributed by atoms with Crippen LogP contribution in [-0.4, -0.2) is 31.0 Å². The third kappa shape index (κ3) is 3.48. The standard InChI is InChI=1S/C22H29N5/c1-15(2)27-19-9-7-6-8-18(19)24-20(27)14-26-11-10-17-16(13-26)12-23-21(25-17)22(3,4)5/h6-9,12,15H,10-11,13-14H2,1-5H3. The third-order valence-electron chi connectivity index (χ3n) is 5.23. The van der Waals surface area contributed by atoms with Gasteiger partial charge in [-0.2, -0.15) is 0 Å². The normalized spacial score (nSPS) is 15.5. The van der Waals surface area contributed by atoms with Crippen LogP contribution in [0.2, 0.25) is 0 Å². The topological polar surface area (TPSA) is 46.8 Å². The Morgan fingerprint density at radius 2 is 1.89 bits per heavy atom. The van der Waals surface area contributed by atoms with E-state index in [2.05, 4.69) is 73.3 Å². The van der Waals surface area contributed by atoms with Crippen molar-refractivity contribution in [3.8, 4) is 0 Å². The number of para-hydroxylation sites is 2. The van der Waals surface area contributed by atoms with E-state index in [0.29, 0.717) is 6.04 Å². The van der Waals surface area contributed by atoms with Gasteiger partial charge in [-0.3, -0.25) is 4.90 Å². The summed E-state index contributed by atoms with van der Waals surface area (Å²) in [5, 5.41) is 0. The van der Waals surface area contributed by atoms with Gasteiger partial charge in [0.15, 0.2) is 0 Å². The van der Waals surface area contributed by atoms with E-state index < -0.39 is 0 Å². The van der Waals surface area contributed by atoms with Crippen LogP contribution in [0.4, 0.5) is 0 Å². The van der Waals surface area contributed by atoms with Crippen LogP contribution in [0.1, 0.15) is 63.6 Å². The highest BCUT2D eigenvalue weighted by molar-refractivity contribution is 5.76. The fourth-order valence-corrected chi connectivity index (χ4v) is 3.85. The van der Waals surface area contributed by atoms with Gasteiger partial charge in [-0.05, 0) is 26.0 Å². The van der Waals surface area contributed by atoms with Crippen molar-refractivity contribution in [2.75, 3.05) is 6.54 Å². The van der Waals surface area contributed by atoms with Crippen LogP contribution in [0.5, 0.6) is 0 Å². The zero-order valence-electron chi connectivity index (χ0n) is 17.0. The number of benzene rings is 1.